The van der Waals surface area contributed by atoms with Crippen LogP contribution in [0.2, 0.25) is 0 Å². The van der Waals surface area contributed by atoms with Crippen molar-refractivity contribution in [3.05, 3.63) is 35.1 Å². The van der Waals surface area contributed by atoms with E-state index in [9.17, 15) is 13.2 Å². The fourth-order valence-electron chi connectivity index (χ4n) is 2.42. The van der Waals surface area contributed by atoms with E-state index in [4.69, 9.17) is 15.2 Å². The molecule has 0 radical (unpaired) electrons. The molecule has 6 heteroatoms. The topological polar surface area (TPSA) is 44.5 Å². The second kappa shape index (κ2) is 5.48. The van der Waals surface area contributed by atoms with Crippen molar-refractivity contribution < 1.29 is 22.6 Å². The van der Waals surface area contributed by atoms with Crippen LogP contribution in [0.15, 0.2) is 12.1 Å². The predicted octanol–water partition coefficient (Wildman–Crippen LogP) is 2.30. The van der Waals surface area contributed by atoms with Crippen LogP contribution < -0.4 is 5.73 Å². The van der Waals surface area contributed by atoms with Crippen molar-refractivity contribution in [2.24, 2.45) is 5.73 Å². The maximum Gasteiger partial charge on any atom is 0.194 e. The molecule has 1 aromatic rings. The van der Waals surface area contributed by atoms with Gasteiger partial charge >= 0.3 is 0 Å². The molecule has 0 amide bonds. The van der Waals surface area contributed by atoms with E-state index in [1.165, 1.54) is 7.11 Å². The maximum atomic E-state index is 13.8. The Morgan fingerprint density at radius 2 is 1.84 bits per heavy atom. The normalized spacial score (nSPS) is 20.3. The molecular weight excluding hydrogens is 259 g/mol. The van der Waals surface area contributed by atoms with Gasteiger partial charge in [-0.3, -0.25) is 0 Å². The molecule has 106 valence electrons. The van der Waals surface area contributed by atoms with Crippen LogP contribution in [0.25, 0.3) is 0 Å². The summed E-state index contributed by atoms with van der Waals surface area (Å²) in [4.78, 5) is 0. The van der Waals surface area contributed by atoms with Crippen LogP contribution >= 0.6 is 0 Å². The van der Waals surface area contributed by atoms with Gasteiger partial charge in [0.1, 0.15) is 0 Å². The molecule has 0 spiro atoms. The molecule has 1 fully saturated rings. The fourth-order valence-corrected chi connectivity index (χ4v) is 2.42. The lowest BCUT2D eigenvalue weighted by molar-refractivity contribution is -0.105. The summed E-state index contributed by atoms with van der Waals surface area (Å²) in [5.41, 5.74) is 5.13. The number of nitrogens with two attached hydrogens (primary N) is 1. The van der Waals surface area contributed by atoms with Crippen LogP contribution in [-0.4, -0.2) is 25.9 Å². The number of halogens is 3. The lowest BCUT2D eigenvalue weighted by Gasteiger charge is -2.40. The van der Waals surface area contributed by atoms with Gasteiger partial charge in [-0.1, -0.05) is 6.07 Å². The molecule has 1 heterocycles. The van der Waals surface area contributed by atoms with Gasteiger partial charge in [-0.15, -0.1) is 0 Å². The van der Waals surface area contributed by atoms with Crippen LogP contribution in [0.1, 0.15) is 24.4 Å². The fraction of sp³-hybridized carbons (Fsp3) is 0.538. The van der Waals surface area contributed by atoms with Crippen molar-refractivity contribution >= 4 is 0 Å². The van der Waals surface area contributed by atoms with Crippen LogP contribution in [0, 0.1) is 17.5 Å². The predicted molar refractivity (Wildman–Crippen MR) is 63.0 cm³/mol. The zero-order chi connectivity index (χ0) is 14.0. The van der Waals surface area contributed by atoms with Gasteiger partial charge in [-0.25, -0.2) is 13.2 Å². The Bertz CT molecular complexity index is 461. The number of rotatable bonds is 3. The molecule has 0 bridgehead atoms. The zero-order valence-corrected chi connectivity index (χ0v) is 10.6. The van der Waals surface area contributed by atoms with Gasteiger partial charge in [0.15, 0.2) is 17.5 Å². The Hall–Kier alpha value is -1.11. The highest BCUT2D eigenvalue weighted by Crippen LogP contribution is 2.37. The summed E-state index contributed by atoms with van der Waals surface area (Å²) in [6, 6.07) is 1.15. The first-order valence-electron chi connectivity index (χ1n) is 6.04. The molecule has 1 aliphatic heterocycles. The van der Waals surface area contributed by atoms with Gasteiger partial charge in [0.05, 0.1) is 11.6 Å². The van der Waals surface area contributed by atoms with E-state index >= 15 is 0 Å². The van der Waals surface area contributed by atoms with Gasteiger partial charge in [0, 0.05) is 38.7 Å². The number of hydrogen-bond acceptors (Lipinski definition) is 3. The lowest BCUT2D eigenvalue weighted by atomic mass is 9.82. The molecule has 19 heavy (non-hydrogen) atoms. The quantitative estimate of drug-likeness (QED) is 0.861. The van der Waals surface area contributed by atoms with Crippen molar-refractivity contribution in [2.75, 3.05) is 20.3 Å². The van der Waals surface area contributed by atoms with E-state index in [0.29, 0.717) is 26.1 Å². The number of methoxy groups -OCH3 is 1. The highest BCUT2D eigenvalue weighted by atomic mass is 19.2. The summed E-state index contributed by atoms with van der Waals surface area (Å²) in [6.07, 6.45) is 0.951. The van der Waals surface area contributed by atoms with E-state index in [2.05, 4.69) is 0 Å². The number of hydrogen-bond donors (Lipinski definition) is 1. The SMILES string of the molecule is COC1(C(N)c2ccc(F)c(F)c2F)CCOCC1. The average Bonchev–Trinajstić information content (AvgIpc) is 2.45. The zero-order valence-electron chi connectivity index (χ0n) is 10.6. The first kappa shape index (κ1) is 14.3. The molecule has 1 unspecified atom stereocenters. The first-order chi connectivity index (χ1) is 9.02. The Kier molecular flexibility index (Phi) is 4.13. The molecule has 1 aromatic carbocycles. The molecule has 3 nitrogen and oxygen atoms in total. The van der Waals surface area contributed by atoms with Crippen molar-refractivity contribution in [1.82, 2.24) is 0 Å². The highest BCUT2D eigenvalue weighted by molar-refractivity contribution is 5.26. The minimum Gasteiger partial charge on any atom is -0.381 e. The summed E-state index contributed by atoms with van der Waals surface area (Å²) in [5.74, 6) is -3.99. The van der Waals surface area contributed by atoms with E-state index in [1.54, 1.807) is 0 Å². The van der Waals surface area contributed by atoms with Gasteiger partial charge in [0.2, 0.25) is 0 Å². The summed E-state index contributed by atoms with van der Waals surface area (Å²) in [6.45, 7) is 0.875. The molecule has 1 aliphatic rings. The van der Waals surface area contributed by atoms with E-state index in [-0.39, 0.29) is 5.56 Å². The summed E-state index contributed by atoms with van der Waals surface area (Å²) in [7, 11) is 1.48. The third-order valence-corrected chi connectivity index (χ3v) is 3.71. The third-order valence-electron chi connectivity index (χ3n) is 3.71. The van der Waals surface area contributed by atoms with Crippen LogP contribution in [0.5, 0.6) is 0 Å². The molecule has 0 saturated carbocycles. The van der Waals surface area contributed by atoms with Crippen molar-refractivity contribution in [1.29, 1.82) is 0 Å². The second-order valence-corrected chi connectivity index (χ2v) is 4.62. The molecule has 1 atom stereocenters. The number of ether oxygens (including phenoxy) is 2. The lowest BCUT2D eigenvalue weighted by Crippen LogP contribution is -2.47. The standard InChI is InChI=1S/C13H16F3NO2/c1-18-13(4-6-19-7-5-13)12(17)8-2-3-9(14)11(16)10(8)15/h2-3,12H,4-7,17H2,1H3. The van der Waals surface area contributed by atoms with Crippen LogP contribution in [-0.2, 0) is 9.47 Å². The first-order valence-corrected chi connectivity index (χ1v) is 6.04. The summed E-state index contributed by atoms with van der Waals surface area (Å²) < 4.78 is 50.7. The minimum absolute atomic E-state index is 0.0809. The second-order valence-electron chi connectivity index (χ2n) is 4.62. The van der Waals surface area contributed by atoms with Gasteiger partial charge in [0.25, 0.3) is 0 Å². The molecular formula is C13H16F3NO2. The van der Waals surface area contributed by atoms with E-state index < -0.39 is 29.1 Å². The largest absolute Gasteiger partial charge is 0.381 e. The highest BCUT2D eigenvalue weighted by Gasteiger charge is 2.41. The van der Waals surface area contributed by atoms with Gasteiger partial charge < -0.3 is 15.2 Å². The van der Waals surface area contributed by atoms with Crippen LogP contribution in [0.3, 0.4) is 0 Å². The van der Waals surface area contributed by atoms with E-state index in [1.807, 2.05) is 0 Å². The van der Waals surface area contributed by atoms with Crippen molar-refractivity contribution in [2.45, 2.75) is 24.5 Å². The summed E-state index contributed by atoms with van der Waals surface area (Å²) in [5, 5.41) is 0. The van der Waals surface area contributed by atoms with Gasteiger partial charge in [-0.2, -0.15) is 0 Å². The van der Waals surface area contributed by atoms with E-state index in [0.717, 1.165) is 12.1 Å². The Balaban J connectivity index is 2.37. The van der Waals surface area contributed by atoms with Crippen molar-refractivity contribution in [3.63, 3.8) is 0 Å². The molecule has 0 aliphatic carbocycles. The maximum absolute atomic E-state index is 13.8. The Labute approximate surface area is 109 Å². The smallest absolute Gasteiger partial charge is 0.194 e. The summed E-state index contributed by atoms with van der Waals surface area (Å²) >= 11 is 0. The average molecular weight is 275 g/mol. The third kappa shape index (κ3) is 2.48. The monoisotopic (exact) mass is 275 g/mol. The van der Waals surface area contributed by atoms with Crippen LogP contribution in [0.4, 0.5) is 13.2 Å². The van der Waals surface area contributed by atoms with Crippen molar-refractivity contribution in [3.8, 4) is 0 Å². The minimum atomic E-state index is -1.51. The Morgan fingerprint density at radius 1 is 1.21 bits per heavy atom. The van der Waals surface area contributed by atoms with Gasteiger partial charge in [-0.05, 0) is 6.07 Å². The molecule has 2 rings (SSSR count). The molecule has 0 aromatic heterocycles. The molecule has 2 N–H and O–H groups in total. The Morgan fingerprint density at radius 3 is 2.42 bits per heavy atom. The number of benzene rings is 1. The molecule has 1 saturated heterocycles.